The highest BCUT2D eigenvalue weighted by Crippen LogP contribution is 2.54. The lowest BCUT2D eigenvalue weighted by molar-refractivity contribution is 0.0726. The largest absolute Gasteiger partial charge is 0.354 e. The van der Waals surface area contributed by atoms with E-state index < -0.39 is 31.4 Å². The molecule has 24 heavy (non-hydrogen) atoms. The Kier molecular flexibility index (Phi) is 4.44. The average molecular weight is 428 g/mol. The van der Waals surface area contributed by atoms with Gasteiger partial charge in [0.15, 0.2) is 0 Å². The molecule has 3 rings (SSSR count). The van der Waals surface area contributed by atoms with Crippen LogP contribution in [-0.4, -0.2) is 32.2 Å². The van der Waals surface area contributed by atoms with E-state index >= 15 is 0 Å². The van der Waals surface area contributed by atoms with Gasteiger partial charge in [-0.3, -0.25) is 0 Å². The van der Waals surface area contributed by atoms with Crippen LogP contribution in [0, 0.1) is 5.92 Å². The molecule has 1 aliphatic rings. The summed E-state index contributed by atoms with van der Waals surface area (Å²) in [6, 6.07) is 2.34. The molecule has 1 aromatic carbocycles. The molecule has 5 nitrogen and oxygen atoms in total. The minimum atomic E-state index is -3.84. The summed E-state index contributed by atoms with van der Waals surface area (Å²) >= 11 is 2.96. The van der Waals surface area contributed by atoms with Crippen LogP contribution < -0.4 is 5.32 Å². The number of hydrogen-bond acceptors (Lipinski definition) is 5. The molecule has 1 atom stereocenters. The predicted molar refractivity (Wildman–Crippen MR) is 84.0 cm³/mol. The van der Waals surface area contributed by atoms with E-state index in [1.807, 2.05) is 0 Å². The third-order valence-electron chi connectivity index (χ3n) is 3.71. The lowest BCUT2D eigenvalue weighted by atomic mass is 10.1. The second kappa shape index (κ2) is 6.01. The highest BCUT2D eigenvalue weighted by Gasteiger charge is 2.56. The Morgan fingerprint density at radius 2 is 2.04 bits per heavy atom. The SMILES string of the molecule is OP(O)C(F)(F)c1cc2nc(NCC3CC3(F)F)ncc2cc1Br. The Labute approximate surface area is 143 Å². The number of fused-ring (bicyclic) bond motifs is 1. The zero-order chi connectivity index (χ0) is 17.7. The van der Waals surface area contributed by atoms with Gasteiger partial charge in [-0.05, 0) is 12.1 Å². The van der Waals surface area contributed by atoms with Crippen molar-refractivity contribution in [1.82, 2.24) is 9.97 Å². The summed E-state index contributed by atoms with van der Waals surface area (Å²) in [5.74, 6) is -3.42. The summed E-state index contributed by atoms with van der Waals surface area (Å²) in [5, 5.41) is 3.09. The summed E-state index contributed by atoms with van der Waals surface area (Å²) in [6.07, 6.45) is 1.16. The lowest BCUT2D eigenvalue weighted by Crippen LogP contribution is -2.12. The topological polar surface area (TPSA) is 78.3 Å². The normalized spacial score (nSPS) is 19.8. The molecule has 2 aromatic rings. The molecular formula is C13H11BrF4N3O2P. The van der Waals surface area contributed by atoms with E-state index in [0.29, 0.717) is 5.39 Å². The Hall–Kier alpha value is -1.09. The fourth-order valence-corrected chi connectivity index (χ4v) is 3.34. The molecule has 130 valence electrons. The third kappa shape index (κ3) is 3.33. The van der Waals surface area contributed by atoms with Crippen LogP contribution in [0.1, 0.15) is 12.0 Å². The van der Waals surface area contributed by atoms with Crippen LogP contribution in [0.4, 0.5) is 23.5 Å². The van der Waals surface area contributed by atoms with Crippen LogP contribution in [0.3, 0.4) is 0 Å². The standard InChI is InChI=1S/C13H11BrF4N3O2P/c14-9-1-6-4-19-11(20-5-7-3-12(7,15)16)21-10(6)2-8(9)13(17,18)24(22)23/h1-2,4,7,22-23H,3,5H2,(H,19,20,21). The van der Waals surface area contributed by atoms with E-state index in [0.717, 1.165) is 6.07 Å². The van der Waals surface area contributed by atoms with Gasteiger partial charge in [-0.15, -0.1) is 0 Å². The third-order valence-corrected chi connectivity index (χ3v) is 5.11. The van der Waals surface area contributed by atoms with Crippen molar-refractivity contribution in [3.8, 4) is 0 Å². The fraction of sp³-hybridized carbons (Fsp3) is 0.385. The molecule has 0 radical (unpaired) electrons. The second-order valence-corrected chi connectivity index (χ2v) is 7.45. The van der Waals surface area contributed by atoms with Crippen molar-refractivity contribution >= 4 is 41.2 Å². The van der Waals surface area contributed by atoms with Gasteiger partial charge in [0.2, 0.25) is 14.3 Å². The minimum Gasteiger partial charge on any atom is -0.354 e. The quantitative estimate of drug-likeness (QED) is 0.499. The number of anilines is 1. The molecule has 1 heterocycles. The maximum atomic E-state index is 13.9. The Bertz CT molecular complexity index is 793. The Morgan fingerprint density at radius 1 is 1.38 bits per heavy atom. The lowest BCUT2D eigenvalue weighted by Gasteiger charge is -2.19. The van der Waals surface area contributed by atoms with Crippen molar-refractivity contribution in [2.45, 2.75) is 18.0 Å². The average Bonchev–Trinajstić information content (AvgIpc) is 3.11. The van der Waals surface area contributed by atoms with E-state index in [-0.39, 0.29) is 28.9 Å². The molecule has 0 spiro atoms. The van der Waals surface area contributed by atoms with Crippen LogP contribution in [-0.2, 0) is 5.66 Å². The zero-order valence-corrected chi connectivity index (χ0v) is 14.3. The van der Waals surface area contributed by atoms with Crippen LogP contribution in [0.15, 0.2) is 22.8 Å². The van der Waals surface area contributed by atoms with Gasteiger partial charge >= 0.3 is 5.66 Å². The molecule has 11 heteroatoms. The van der Waals surface area contributed by atoms with E-state index in [4.69, 9.17) is 9.79 Å². The second-order valence-electron chi connectivity index (χ2n) is 5.46. The first-order valence-electron chi connectivity index (χ1n) is 6.75. The molecule has 1 unspecified atom stereocenters. The zero-order valence-electron chi connectivity index (χ0n) is 11.8. The molecular weight excluding hydrogens is 417 g/mol. The first kappa shape index (κ1) is 17.7. The number of benzene rings is 1. The van der Waals surface area contributed by atoms with Gasteiger partial charge in [0.05, 0.1) is 5.52 Å². The number of alkyl halides is 4. The highest BCUT2D eigenvalue weighted by molar-refractivity contribution is 9.10. The molecule has 1 saturated carbocycles. The maximum absolute atomic E-state index is 13.9. The van der Waals surface area contributed by atoms with Crippen LogP contribution in [0.5, 0.6) is 0 Å². The van der Waals surface area contributed by atoms with Crippen molar-refractivity contribution in [2.24, 2.45) is 5.92 Å². The van der Waals surface area contributed by atoms with Gasteiger partial charge in [-0.25, -0.2) is 18.7 Å². The predicted octanol–water partition coefficient (Wildman–Crippen LogP) is 3.81. The molecule has 1 aliphatic carbocycles. The summed E-state index contributed by atoms with van der Waals surface area (Å²) in [5.41, 5.74) is -4.33. The van der Waals surface area contributed by atoms with Gasteiger partial charge in [-0.1, -0.05) is 15.9 Å². The van der Waals surface area contributed by atoms with Crippen molar-refractivity contribution < 1.29 is 27.3 Å². The smallest absolute Gasteiger partial charge is 0.340 e. The van der Waals surface area contributed by atoms with Crippen molar-refractivity contribution in [2.75, 3.05) is 11.9 Å². The van der Waals surface area contributed by atoms with E-state index in [2.05, 4.69) is 31.2 Å². The summed E-state index contributed by atoms with van der Waals surface area (Å²) < 4.78 is 53.4. The minimum absolute atomic E-state index is 0.0162. The number of rotatable bonds is 5. The number of hydrogen-bond donors (Lipinski definition) is 3. The summed E-state index contributed by atoms with van der Waals surface area (Å²) in [6.45, 7) is -0.0172. The van der Waals surface area contributed by atoms with E-state index in [1.165, 1.54) is 12.3 Å². The molecule has 0 amide bonds. The Morgan fingerprint density at radius 3 is 2.62 bits per heavy atom. The van der Waals surface area contributed by atoms with Crippen LogP contribution in [0.25, 0.3) is 10.9 Å². The van der Waals surface area contributed by atoms with Crippen molar-refractivity contribution in [3.05, 3.63) is 28.4 Å². The molecule has 3 N–H and O–H groups in total. The van der Waals surface area contributed by atoms with Gasteiger partial charge < -0.3 is 15.1 Å². The monoisotopic (exact) mass is 427 g/mol. The number of nitrogens with zero attached hydrogens (tertiary/aromatic N) is 2. The highest BCUT2D eigenvalue weighted by atomic mass is 79.9. The summed E-state index contributed by atoms with van der Waals surface area (Å²) in [4.78, 5) is 25.8. The van der Waals surface area contributed by atoms with Gasteiger partial charge in [0, 0.05) is 40.5 Å². The molecule has 0 bridgehead atoms. The van der Waals surface area contributed by atoms with Gasteiger partial charge in [0.1, 0.15) is 0 Å². The van der Waals surface area contributed by atoms with Gasteiger partial charge in [-0.2, -0.15) is 8.78 Å². The van der Waals surface area contributed by atoms with E-state index in [9.17, 15) is 17.6 Å². The fourth-order valence-electron chi connectivity index (χ4n) is 2.18. The van der Waals surface area contributed by atoms with Crippen molar-refractivity contribution in [3.63, 3.8) is 0 Å². The number of aromatic nitrogens is 2. The maximum Gasteiger partial charge on any atom is 0.340 e. The van der Waals surface area contributed by atoms with Gasteiger partial charge in [0.25, 0.3) is 5.92 Å². The first-order chi connectivity index (χ1) is 11.1. The molecule has 1 aromatic heterocycles. The molecule has 0 saturated heterocycles. The first-order valence-corrected chi connectivity index (χ1v) is 8.79. The van der Waals surface area contributed by atoms with Crippen LogP contribution >= 0.6 is 24.3 Å². The van der Waals surface area contributed by atoms with Crippen LogP contribution in [0.2, 0.25) is 0 Å². The number of nitrogens with one attached hydrogen (secondary N) is 1. The number of halogens is 5. The molecule has 1 fully saturated rings. The summed E-state index contributed by atoms with van der Waals surface area (Å²) in [7, 11) is -3.52. The Balaban J connectivity index is 1.89. The van der Waals surface area contributed by atoms with E-state index in [1.54, 1.807) is 0 Å². The molecule has 0 aliphatic heterocycles. The van der Waals surface area contributed by atoms with Crippen molar-refractivity contribution in [1.29, 1.82) is 0 Å².